The smallest absolute Gasteiger partial charge is 0.137 e. The van der Waals surface area contributed by atoms with Crippen molar-refractivity contribution in [1.29, 1.82) is 0 Å². The van der Waals surface area contributed by atoms with Crippen LogP contribution in [0.2, 0.25) is 0 Å². The van der Waals surface area contributed by atoms with Crippen molar-refractivity contribution in [1.82, 2.24) is 0 Å². The summed E-state index contributed by atoms with van der Waals surface area (Å²) in [5.74, 6) is -0.250. The average Bonchev–Trinajstić information content (AvgIpc) is 2.07. The molecule has 0 aromatic heterocycles. The van der Waals surface area contributed by atoms with Gasteiger partial charge in [0.15, 0.2) is 0 Å². The van der Waals surface area contributed by atoms with Crippen LogP contribution in [0.3, 0.4) is 0 Å². The lowest BCUT2D eigenvalue weighted by Crippen LogP contribution is -1.91. The molecule has 0 radical (unpaired) electrons. The van der Waals surface area contributed by atoms with E-state index in [0.717, 1.165) is 5.56 Å². The molecule has 0 saturated heterocycles. The third kappa shape index (κ3) is 2.43. The maximum absolute atomic E-state index is 12.7. The zero-order valence-corrected chi connectivity index (χ0v) is 8.01. The minimum atomic E-state index is -0.250. The van der Waals surface area contributed by atoms with E-state index in [1.165, 1.54) is 6.07 Å². The van der Waals surface area contributed by atoms with E-state index in [2.05, 4.69) is 15.9 Å². The van der Waals surface area contributed by atoms with Gasteiger partial charge in [0.1, 0.15) is 5.82 Å². The Balaban J connectivity index is 2.89. The van der Waals surface area contributed by atoms with Crippen LogP contribution >= 0.6 is 15.9 Å². The van der Waals surface area contributed by atoms with E-state index < -0.39 is 0 Å². The van der Waals surface area contributed by atoms with Gasteiger partial charge in [-0.3, -0.25) is 0 Å². The molecule has 64 valence electrons. The van der Waals surface area contributed by atoms with Gasteiger partial charge in [-0.1, -0.05) is 18.2 Å². The molecule has 0 fully saturated rings. The van der Waals surface area contributed by atoms with Crippen LogP contribution in [0.5, 0.6) is 0 Å². The standard InChI is InChI=1S/C9H9BrFN/c10-8-6-7(2-1-5-12)3-4-9(8)11/h1-4,6H,5,12H2/b2-1+. The van der Waals surface area contributed by atoms with Crippen LogP contribution in [-0.2, 0) is 0 Å². The summed E-state index contributed by atoms with van der Waals surface area (Å²) >= 11 is 3.10. The second-order valence-electron chi connectivity index (χ2n) is 2.31. The van der Waals surface area contributed by atoms with Crippen molar-refractivity contribution in [2.75, 3.05) is 6.54 Å². The lowest BCUT2D eigenvalue weighted by Gasteiger charge is -1.95. The van der Waals surface area contributed by atoms with Crippen molar-refractivity contribution in [2.45, 2.75) is 0 Å². The third-order valence-electron chi connectivity index (χ3n) is 1.39. The predicted molar refractivity (Wildman–Crippen MR) is 52.2 cm³/mol. The van der Waals surface area contributed by atoms with E-state index in [4.69, 9.17) is 5.73 Å². The molecule has 1 nitrogen and oxygen atoms in total. The average molecular weight is 230 g/mol. The van der Waals surface area contributed by atoms with Crippen LogP contribution in [-0.4, -0.2) is 6.54 Å². The summed E-state index contributed by atoms with van der Waals surface area (Å²) in [6.45, 7) is 0.495. The minimum Gasteiger partial charge on any atom is -0.327 e. The third-order valence-corrected chi connectivity index (χ3v) is 2.00. The number of hydrogen-bond donors (Lipinski definition) is 1. The van der Waals surface area contributed by atoms with Crippen LogP contribution in [0.25, 0.3) is 6.08 Å². The number of hydrogen-bond acceptors (Lipinski definition) is 1. The normalized spacial score (nSPS) is 10.9. The monoisotopic (exact) mass is 229 g/mol. The molecule has 1 aromatic rings. The zero-order chi connectivity index (χ0) is 8.97. The first kappa shape index (κ1) is 9.42. The molecule has 0 saturated carbocycles. The maximum Gasteiger partial charge on any atom is 0.137 e. The summed E-state index contributed by atoms with van der Waals surface area (Å²) in [4.78, 5) is 0. The Morgan fingerprint density at radius 2 is 2.25 bits per heavy atom. The highest BCUT2D eigenvalue weighted by Crippen LogP contribution is 2.17. The SMILES string of the molecule is NC/C=C/c1ccc(F)c(Br)c1. The summed E-state index contributed by atoms with van der Waals surface area (Å²) < 4.78 is 13.2. The van der Waals surface area contributed by atoms with Crippen LogP contribution in [0.4, 0.5) is 4.39 Å². The van der Waals surface area contributed by atoms with E-state index in [9.17, 15) is 4.39 Å². The van der Waals surface area contributed by atoms with Crippen molar-refractivity contribution in [3.63, 3.8) is 0 Å². The summed E-state index contributed by atoms with van der Waals surface area (Å²) in [7, 11) is 0. The van der Waals surface area contributed by atoms with E-state index in [1.54, 1.807) is 12.1 Å². The summed E-state index contributed by atoms with van der Waals surface area (Å²) in [5.41, 5.74) is 6.21. The van der Waals surface area contributed by atoms with Gasteiger partial charge in [-0.25, -0.2) is 4.39 Å². The molecule has 0 aliphatic rings. The van der Waals surface area contributed by atoms with Crippen LogP contribution in [0, 0.1) is 5.82 Å². The Hall–Kier alpha value is -0.670. The van der Waals surface area contributed by atoms with Crippen molar-refractivity contribution < 1.29 is 4.39 Å². The highest BCUT2D eigenvalue weighted by Gasteiger charge is 1.96. The molecule has 3 heteroatoms. The van der Waals surface area contributed by atoms with Gasteiger partial charge in [0.25, 0.3) is 0 Å². The summed E-state index contributed by atoms with van der Waals surface area (Å²) in [6.07, 6.45) is 3.67. The van der Waals surface area contributed by atoms with Crippen LogP contribution < -0.4 is 5.73 Å². The fourth-order valence-electron chi connectivity index (χ4n) is 0.820. The van der Waals surface area contributed by atoms with E-state index in [-0.39, 0.29) is 5.82 Å². The molecule has 0 heterocycles. The van der Waals surface area contributed by atoms with Gasteiger partial charge in [0.05, 0.1) is 4.47 Å². The van der Waals surface area contributed by atoms with Gasteiger partial charge in [-0.15, -0.1) is 0 Å². The van der Waals surface area contributed by atoms with Crippen molar-refractivity contribution in [3.05, 3.63) is 40.1 Å². The molecule has 0 atom stereocenters. The Bertz CT molecular complexity index is 297. The Morgan fingerprint density at radius 3 is 2.83 bits per heavy atom. The first-order chi connectivity index (χ1) is 5.74. The van der Waals surface area contributed by atoms with Gasteiger partial charge in [-0.2, -0.15) is 0 Å². The second kappa shape index (κ2) is 4.38. The lowest BCUT2D eigenvalue weighted by molar-refractivity contribution is 0.621. The number of nitrogens with two attached hydrogens (primary N) is 1. The highest BCUT2D eigenvalue weighted by molar-refractivity contribution is 9.10. The highest BCUT2D eigenvalue weighted by atomic mass is 79.9. The van der Waals surface area contributed by atoms with Crippen molar-refractivity contribution >= 4 is 22.0 Å². The molecule has 0 bridgehead atoms. The fraction of sp³-hybridized carbons (Fsp3) is 0.111. The first-order valence-corrected chi connectivity index (χ1v) is 4.35. The van der Waals surface area contributed by atoms with Gasteiger partial charge in [0, 0.05) is 6.54 Å². The molecule has 0 aliphatic carbocycles. The molecule has 2 N–H and O–H groups in total. The molecule has 0 unspecified atom stereocenters. The van der Waals surface area contributed by atoms with Crippen LogP contribution in [0.15, 0.2) is 28.7 Å². The lowest BCUT2D eigenvalue weighted by atomic mass is 10.2. The van der Waals surface area contributed by atoms with Crippen molar-refractivity contribution in [2.24, 2.45) is 5.73 Å². The molecule has 1 aromatic carbocycles. The van der Waals surface area contributed by atoms with Gasteiger partial charge >= 0.3 is 0 Å². The molecule has 0 aliphatic heterocycles. The zero-order valence-electron chi connectivity index (χ0n) is 6.43. The largest absolute Gasteiger partial charge is 0.327 e. The molecule has 1 rings (SSSR count). The van der Waals surface area contributed by atoms with E-state index in [1.807, 2.05) is 12.2 Å². The van der Waals surface area contributed by atoms with Gasteiger partial charge in [0.2, 0.25) is 0 Å². The number of rotatable bonds is 2. The number of halogens is 2. The van der Waals surface area contributed by atoms with E-state index >= 15 is 0 Å². The molecule has 12 heavy (non-hydrogen) atoms. The Labute approximate surface area is 79.2 Å². The van der Waals surface area contributed by atoms with Gasteiger partial charge < -0.3 is 5.73 Å². The fourth-order valence-corrected chi connectivity index (χ4v) is 1.22. The minimum absolute atomic E-state index is 0.250. The van der Waals surface area contributed by atoms with Gasteiger partial charge in [-0.05, 0) is 33.6 Å². The Kier molecular flexibility index (Phi) is 3.44. The van der Waals surface area contributed by atoms with E-state index in [0.29, 0.717) is 11.0 Å². The Morgan fingerprint density at radius 1 is 1.50 bits per heavy atom. The van der Waals surface area contributed by atoms with Crippen LogP contribution in [0.1, 0.15) is 5.56 Å². The molecular weight excluding hydrogens is 221 g/mol. The summed E-state index contributed by atoms with van der Waals surface area (Å²) in [5, 5.41) is 0. The second-order valence-corrected chi connectivity index (χ2v) is 3.17. The quantitative estimate of drug-likeness (QED) is 0.830. The predicted octanol–water partition coefficient (Wildman–Crippen LogP) is 2.56. The molecular formula is C9H9BrFN. The maximum atomic E-state index is 12.7. The summed E-state index contributed by atoms with van der Waals surface area (Å²) in [6, 6.07) is 4.83. The van der Waals surface area contributed by atoms with Crippen molar-refractivity contribution in [3.8, 4) is 0 Å². The number of benzene rings is 1. The molecule has 0 amide bonds. The molecule has 0 spiro atoms. The topological polar surface area (TPSA) is 26.0 Å². The first-order valence-electron chi connectivity index (χ1n) is 3.55.